The van der Waals surface area contributed by atoms with Gasteiger partial charge in [-0.1, -0.05) is 54.6 Å². The molecule has 0 aromatic heterocycles. The number of fused-ring (bicyclic) bond motifs is 1. The lowest BCUT2D eigenvalue weighted by Gasteiger charge is -2.32. The average Bonchev–Trinajstić information content (AvgIpc) is 2.47. The molecule has 2 heteroatoms. The molecule has 2 aromatic carbocycles. The molecule has 3 rings (SSSR count). The molecule has 1 aliphatic rings. The molecule has 0 saturated heterocycles. The minimum absolute atomic E-state index is 0.0345. The summed E-state index contributed by atoms with van der Waals surface area (Å²) in [5.74, 6) is -0.489. The molecule has 0 amide bonds. The van der Waals surface area contributed by atoms with Crippen LogP contribution >= 0.6 is 0 Å². The molecule has 104 valence electrons. The lowest BCUT2D eigenvalue weighted by atomic mass is 9.73. The first-order chi connectivity index (χ1) is 9.74. The second-order valence-corrected chi connectivity index (χ2v) is 5.63. The Morgan fingerprint density at radius 1 is 0.850 bits per heavy atom. The van der Waals surface area contributed by atoms with Gasteiger partial charge >= 0.3 is 0 Å². The summed E-state index contributed by atoms with van der Waals surface area (Å²) in [6, 6.07) is 18.0. The fourth-order valence-electron chi connectivity index (χ4n) is 3.25. The molecule has 0 spiro atoms. The highest BCUT2D eigenvalue weighted by molar-refractivity contribution is 5.31. The van der Waals surface area contributed by atoms with E-state index in [1.807, 2.05) is 48.5 Å². The monoisotopic (exact) mass is 272 g/mol. The predicted octanol–water partition coefficient (Wildman–Crippen LogP) is 4.53. The SMILES string of the molecule is FC(F)[C@H]1Cc2ccccc2C[C@H]1Cc1ccccc1. The Balaban J connectivity index is 1.85. The van der Waals surface area contributed by atoms with Crippen molar-refractivity contribution in [3.05, 3.63) is 71.3 Å². The Bertz CT molecular complexity index is 563. The van der Waals surface area contributed by atoms with Crippen LogP contribution in [0.5, 0.6) is 0 Å². The number of hydrogen-bond donors (Lipinski definition) is 0. The van der Waals surface area contributed by atoms with Crippen molar-refractivity contribution in [3.8, 4) is 0 Å². The molecule has 0 heterocycles. The maximum Gasteiger partial charge on any atom is 0.242 e. The lowest BCUT2D eigenvalue weighted by molar-refractivity contribution is 0.0384. The summed E-state index contributed by atoms with van der Waals surface area (Å²) in [5.41, 5.74) is 3.50. The molecule has 0 fully saturated rings. The standard InChI is InChI=1S/C18H18F2/c19-18(20)17-12-15-9-5-4-8-14(15)11-16(17)10-13-6-2-1-3-7-13/h1-9,16-18H,10-12H2/t16-,17+/m1/s1. The van der Waals surface area contributed by atoms with Gasteiger partial charge < -0.3 is 0 Å². The van der Waals surface area contributed by atoms with Crippen LogP contribution in [0.4, 0.5) is 8.78 Å². The largest absolute Gasteiger partial charge is 0.242 e. The minimum atomic E-state index is -2.24. The molecule has 2 aromatic rings. The van der Waals surface area contributed by atoms with Gasteiger partial charge in [-0.25, -0.2) is 8.78 Å². The van der Waals surface area contributed by atoms with Crippen molar-refractivity contribution in [2.24, 2.45) is 11.8 Å². The minimum Gasteiger partial charge on any atom is -0.210 e. The zero-order chi connectivity index (χ0) is 13.9. The molecule has 20 heavy (non-hydrogen) atoms. The van der Waals surface area contributed by atoms with Crippen molar-refractivity contribution in [3.63, 3.8) is 0 Å². The summed E-state index contributed by atoms with van der Waals surface area (Å²) >= 11 is 0. The van der Waals surface area contributed by atoms with Gasteiger partial charge in [0.15, 0.2) is 0 Å². The van der Waals surface area contributed by atoms with Crippen molar-refractivity contribution in [1.29, 1.82) is 0 Å². The van der Waals surface area contributed by atoms with Crippen LogP contribution in [0.25, 0.3) is 0 Å². The van der Waals surface area contributed by atoms with Gasteiger partial charge in [0.1, 0.15) is 0 Å². The summed E-state index contributed by atoms with van der Waals surface area (Å²) in [6.07, 6.45) is -0.229. The second kappa shape index (κ2) is 5.74. The van der Waals surface area contributed by atoms with Crippen molar-refractivity contribution in [1.82, 2.24) is 0 Å². The van der Waals surface area contributed by atoms with Crippen LogP contribution in [0.15, 0.2) is 54.6 Å². The van der Waals surface area contributed by atoms with E-state index >= 15 is 0 Å². The molecule has 0 aliphatic heterocycles. The number of alkyl halides is 2. The van der Waals surface area contributed by atoms with Gasteiger partial charge in [-0.05, 0) is 41.9 Å². The topological polar surface area (TPSA) is 0 Å². The molecule has 0 nitrogen and oxygen atoms in total. The number of halogens is 2. The van der Waals surface area contributed by atoms with Gasteiger partial charge in [-0.3, -0.25) is 0 Å². The Morgan fingerprint density at radius 2 is 1.45 bits per heavy atom. The average molecular weight is 272 g/mol. The van der Waals surface area contributed by atoms with Crippen LogP contribution in [0.3, 0.4) is 0 Å². The van der Waals surface area contributed by atoms with Gasteiger partial charge in [0, 0.05) is 5.92 Å². The van der Waals surface area contributed by atoms with Gasteiger partial charge in [0.05, 0.1) is 0 Å². The molecule has 0 radical (unpaired) electrons. The third-order valence-electron chi connectivity index (χ3n) is 4.33. The van der Waals surface area contributed by atoms with Crippen LogP contribution < -0.4 is 0 Å². The highest BCUT2D eigenvalue weighted by Gasteiger charge is 2.34. The van der Waals surface area contributed by atoms with E-state index in [1.165, 1.54) is 5.56 Å². The van der Waals surface area contributed by atoms with Crippen LogP contribution in [-0.4, -0.2) is 6.43 Å². The van der Waals surface area contributed by atoms with E-state index in [0.29, 0.717) is 6.42 Å². The summed E-state index contributed by atoms with van der Waals surface area (Å²) in [5, 5.41) is 0. The first-order valence-electron chi connectivity index (χ1n) is 7.13. The summed E-state index contributed by atoms with van der Waals surface area (Å²) < 4.78 is 26.7. The van der Waals surface area contributed by atoms with Crippen molar-refractivity contribution < 1.29 is 8.78 Å². The van der Waals surface area contributed by atoms with Gasteiger partial charge in [-0.2, -0.15) is 0 Å². The van der Waals surface area contributed by atoms with Crippen LogP contribution in [0, 0.1) is 11.8 Å². The van der Waals surface area contributed by atoms with E-state index < -0.39 is 12.3 Å². The zero-order valence-corrected chi connectivity index (χ0v) is 11.3. The van der Waals surface area contributed by atoms with E-state index in [4.69, 9.17) is 0 Å². The van der Waals surface area contributed by atoms with Crippen LogP contribution in [-0.2, 0) is 19.3 Å². The van der Waals surface area contributed by atoms with Gasteiger partial charge in [-0.15, -0.1) is 0 Å². The molecular weight excluding hydrogens is 254 g/mol. The fourth-order valence-corrected chi connectivity index (χ4v) is 3.25. The van der Waals surface area contributed by atoms with E-state index in [0.717, 1.165) is 24.0 Å². The fraction of sp³-hybridized carbons (Fsp3) is 0.333. The maximum absolute atomic E-state index is 13.4. The van der Waals surface area contributed by atoms with Crippen molar-refractivity contribution in [2.75, 3.05) is 0 Å². The maximum atomic E-state index is 13.4. The third-order valence-corrected chi connectivity index (χ3v) is 4.33. The summed E-state index contributed by atoms with van der Waals surface area (Å²) in [7, 11) is 0. The summed E-state index contributed by atoms with van der Waals surface area (Å²) in [4.78, 5) is 0. The Hall–Kier alpha value is -1.70. The Labute approximate surface area is 118 Å². The molecule has 2 atom stereocenters. The first kappa shape index (κ1) is 13.3. The highest BCUT2D eigenvalue weighted by Crippen LogP contribution is 2.35. The van der Waals surface area contributed by atoms with Crippen molar-refractivity contribution in [2.45, 2.75) is 25.7 Å². The number of rotatable bonds is 3. The molecule has 0 unspecified atom stereocenters. The third kappa shape index (κ3) is 2.74. The summed E-state index contributed by atoms with van der Waals surface area (Å²) in [6.45, 7) is 0. The zero-order valence-electron chi connectivity index (χ0n) is 11.3. The lowest BCUT2D eigenvalue weighted by Crippen LogP contribution is -2.32. The molecular formula is C18H18F2. The second-order valence-electron chi connectivity index (χ2n) is 5.63. The Kier molecular flexibility index (Phi) is 3.81. The quantitative estimate of drug-likeness (QED) is 0.770. The first-order valence-corrected chi connectivity index (χ1v) is 7.13. The number of hydrogen-bond acceptors (Lipinski definition) is 0. The Morgan fingerprint density at radius 3 is 2.10 bits per heavy atom. The van der Waals surface area contributed by atoms with Crippen molar-refractivity contribution >= 4 is 0 Å². The number of benzene rings is 2. The smallest absolute Gasteiger partial charge is 0.210 e. The normalized spacial score (nSPS) is 21.8. The molecule has 0 saturated carbocycles. The van der Waals surface area contributed by atoms with E-state index in [9.17, 15) is 8.78 Å². The van der Waals surface area contributed by atoms with E-state index in [2.05, 4.69) is 6.07 Å². The van der Waals surface area contributed by atoms with E-state index in [1.54, 1.807) is 0 Å². The van der Waals surface area contributed by atoms with E-state index in [-0.39, 0.29) is 5.92 Å². The van der Waals surface area contributed by atoms with Crippen LogP contribution in [0.1, 0.15) is 16.7 Å². The molecule has 1 aliphatic carbocycles. The van der Waals surface area contributed by atoms with Gasteiger partial charge in [0.25, 0.3) is 0 Å². The van der Waals surface area contributed by atoms with Crippen LogP contribution in [0.2, 0.25) is 0 Å². The molecule has 0 N–H and O–H groups in total. The molecule has 0 bridgehead atoms. The highest BCUT2D eigenvalue weighted by atomic mass is 19.3. The predicted molar refractivity (Wildman–Crippen MR) is 77.0 cm³/mol. The van der Waals surface area contributed by atoms with Gasteiger partial charge in [0.2, 0.25) is 6.43 Å².